The van der Waals surface area contributed by atoms with E-state index in [9.17, 15) is 9.90 Å². The van der Waals surface area contributed by atoms with Gasteiger partial charge in [-0.1, -0.05) is 13.8 Å². The number of hydrogen-bond donors (Lipinski definition) is 2. The van der Waals surface area contributed by atoms with E-state index in [1.165, 1.54) is 0 Å². The average molecular weight is 194 g/mol. The maximum absolute atomic E-state index is 11.2. The number of nitrogens with zero attached hydrogens (tertiary/aromatic N) is 1. The van der Waals surface area contributed by atoms with Gasteiger partial charge in [-0.2, -0.15) is 0 Å². The molecule has 76 valence electrons. The molecule has 0 aliphatic heterocycles. The normalized spacial score (nSPS) is 24.3. The largest absolute Gasteiger partial charge is 0.481 e. The molecular weight excluding hydrogens is 180 g/mol. The summed E-state index contributed by atoms with van der Waals surface area (Å²) in [7, 11) is 0. The number of H-pyrrole nitrogens is 1. The number of aliphatic carboxylic acids is 1. The zero-order chi connectivity index (χ0) is 10.3. The lowest BCUT2D eigenvalue weighted by Gasteiger charge is -2.34. The minimum absolute atomic E-state index is 0.200. The lowest BCUT2D eigenvalue weighted by atomic mass is 9.69. The summed E-state index contributed by atoms with van der Waals surface area (Å²) in [5, 5.41) is 9.19. The lowest BCUT2D eigenvalue weighted by Crippen LogP contribution is -2.33. The van der Waals surface area contributed by atoms with Crippen LogP contribution in [0.4, 0.5) is 0 Å². The minimum Gasteiger partial charge on any atom is -0.481 e. The van der Waals surface area contributed by atoms with Crippen molar-refractivity contribution in [2.45, 2.75) is 32.6 Å². The number of aryl methyl sites for hydroxylation is 1. The van der Waals surface area contributed by atoms with E-state index in [1.807, 2.05) is 13.8 Å². The first-order valence-electron chi connectivity index (χ1n) is 4.77. The van der Waals surface area contributed by atoms with Crippen LogP contribution in [0.2, 0.25) is 0 Å². The van der Waals surface area contributed by atoms with Gasteiger partial charge >= 0.3 is 5.97 Å². The molecule has 0 amide bonds. The first kappa shape index (κ1) is 9.24. The summed E-state index contributed by atoms with van der Waals surface area (Å²) in [6, 6.07) is 0. The van der Waals surface area contributed by atoms with E-state index in [0.717, 1.165) is 18.5 Å². The average Bonchev–Trinajstić information content (AvgIpc) is 2.48. The van der Waals surface area contributed by atoms with Crippen LogP contribution in [-0.4, -0.2) is 21.0 Å². The number of imidazole rings is 1. The second-order valence-corrected chi connectivity index (χ2v) is 4.53. The second kappa shape index (κ2) is 2.83. The number of hydrogen-bond acceptors (Lipinski definition) is 2. The highest BCUT2D eigenvalue weighted by Crippen LogP contribution is 2.43. The van der Waals surface area contributed by atoms with Crippen LogP contribution >= 0.6 is 0 Å². The number of aromatic amines is 1. The summed E-state index contributed by atoms with van der Waals surface area (Å²) in [5.41, 5.74) is 1.50. The van der Waals surface area contributed by atoms with Gasteiger partial charge in [-0.05, 0) is 18.3 Å². The Bertz CT molecular complexity index is 368. The van der Waals surface area contributed by atoms with Crippen LogP contribution < -0.4 is 0 Å². The van der Waals surface area contributed by atoms with Crippen molar-refractivity contribution in [3.05, 3.63) is 17.7 Å². The summed E-state index contributed by atoms with van der Waals surface area (Å²) in [6.07, 6.45) is 3.37. The Morgan fingerprint density at radius 2 is 2.43 bits per heavy atom. The fourth-order valence-corrected chi connectivity index (χ4v) is 2.19. The molecule has 1 heterocycles. The number of carboxylic acids is 1. The van der Waals surface area contributed by atoms with Crippen molar-refractivity contribution in [1.29, 1.82) is 0 Å². The second-order valence-electron chi connectivity index (χ2n) is 4.53. The molecule has 1 unspecified atom stereocenters. The molecule has 14 heavy (non-hydrogen) atoms. The van der Waals surface area contributed by atoms with Crippen molar-refractivity contribution < 1.29 is 9.90 Å². The van der Waals surface area contributed by atoms with Crippen molar-refractivity contribution >= 4 is 5.97 Å². The van der Waals surface area contributed by atoms with E-state index >= 15 is 0 Å². The van der Waals surface area contributed by atoms with Crippen LogP contribution in [0.3, 0.4) is 0 Å². The standard InChI is InChI=1S/C10H14N2O2/c1-10(2)4-3-6-8(12-5-11-6)7(10)9(13)14/h5,7H,3-4H2,1-2H3,(H,11,12)(H,13,14). The van der Waals surface area contributed by atoms with Gasteiger partial charge in [-0.25, -0.2) is 4.98 Å². The summed E-state index contributed by atoms with van der Waals surface area (Å²) in [5.74, 6) is -1.25. The summed E-state index contributed by atoms with van der Waals surface area (Å²) in [4.78, 5) is 18.3. The van der Waals surface area contributed by atoms with Gasteiger partial charge in [0, 0.05) is 5.69 Å². The van der Waals surface area contributed by atoms with E-state index < -0.39 is 11.9 Å². The Morgan fingerprint density at radius 3 is 3.07 bits per heavy atom. The molecule has 4 nitrogen and oxygen atoms in total. The summed E-state index contributed by atoms with van der Waals surface area (Å²) in [6.45, 7) is 3.98. The number of fused-ring (bicyclic) bond motifs is 1. The van der Waals surface area contributed by atoms with Gasteiger partial charge in [0.15, 0.2) is 0 Å². The molecule has 0 saturated carbocycles. The van der Waals surface area contributed by atoms with Crippen LogP contribution in [0.25, 0.3) is 0 Å². The molecule has 0 fully saturated rings. The predicted molar refractivity (Wildman–Crippen MR) is 51.1 cm³/mol. The molecule has 0 saturated heterocycles. The third kappa shape index (κ3) is 1.22. The molecule has 1 aliphatic carbocycles. The number of nitrogens with one attached hydrogen (secondary N) is 1. The van der Waals surface area contributed by atoms with Crippen molar-refractivity contribution in [3.63, 3.8) is 0 Å². The van der Waals surface area contributed by atoms with Crippen LogP contribution in [0.1, 0.15) is 37.6 Å². The molecule has 1 atom stereocenters. The summed E-state index contributed by atoms with van der Waals surface area (Å²) < 4.78 is 0. The summed E-state index contributed by atoms with van der Waals surface area (Å²) >= 11 is 0. The van der Waals surface area contributed by atoms with Crippen LogP contribution in [-0.2, 0) is 11.2 Å². The predicted octanol–water partition coefficient (Wildman–Crippen LogP) is 1.55. The Labute approximate surface area is 82.4 Å². The van der Waals surface area contributed by atoms with Gasteiger partial charge in [0.05, 0.1) is 12.0 Å². The fraction of sp³-hybridized carbons (Fsp3) is 0.600. The van der Waals surface area contributed by atoms with Crippen LogP contribution in [0.15, 0.2) is 6.33 Å². The highest BCUT2D eigenvalue weighted by atomic mass is 16.4. The molecule has 0 spiro atoms. The van der Waals surface area contributed by atoms with Gasteiger partial charge in [0.25, 0.3) is 0 Å². The quantitative estimate of drug-likeness (QED) is 0.712. The molecule has 1 aromatic rings. The first-order valence-corrected chi connectivity index (χ1v) is 4.77. The zero-order valence-electron chi connectivity index (χ0n) is 8.37. The molecular formula is C10H14N2O2. The van der Waals surface area contributed by atoms with Gasteiger partial charge in [0.2, 0.25) is 0 Å². The van der Waals surface area contributed by atoms with Crippen LogP contribution in [0.5, 0.6) is 0 Å². The molecule has 2 N–H and O–H groups in total. The third-order valence-corrected chi connectivity index (χ3v) is 3.07. The van der Waals surface area contributed by atoms with Gasteiger partial charge in [0.1, 0.15) is 5.92 Å². The lowest BCUT2D eigenvalue weighted by molar-refractivity contribution is -0.142. The molecule has 1 aliphatic rings. The van der Waals surface area contributed by atoms with E-state index in [-0.39, 0.29) is 5.41 Å². The van der Waals surface area contributed by atoms with Crippen molar-refractivity contribution in [2.75, 3.05) is 0 Å². The van der Waals surface area contributed by atoms with Crippen molar-refractivity contribution in [2.24, 2.45) is 5.41 Å². The van der Waals surface area contributed by atoms with Gasteiger partial charge in [-0.15, -0.1) is 0 Å². The highest BCUT2D eigenvalue weighted by Gasteiger charge is 2.42. The zero-order valence-corrected chi connectivity index (χ0v) is 8.37. The first-order chi connectivity index (χ1) is 6.52. The Hall–Kier alpha value is -1.32. The van der Waals surface area contributed by atoms with E-state index in [4.69, 9.17) is 0 Å². The van der Waals surface area contributed by atoms with Crippen molar-refractivity contribution in [1.82, 2.24) is 9.97 Å². The van der Waals surface area contributed by atoms with Gasteiger partial charge in [-0.3, -0.25) is 4.79 Å². The Balaban J connectivity index is 2.49. The highest BCUT2D eigenvalue weighted by molar-refractivity contribution is 5.77. The maximum Gasteiger partial charge on any atom is 0.313 e. The Kier molecular flexibility index (Phi) is 1.87. The number of aromatic nitrogens is 2. The Morgan fingerprint density at radius 1 is 1.71 bits per heavy atom. The molecule has 0 aromatic carbocycles. The van der Waals surface area contributed by atoms with Gasteiger partial charge < -0.3 is 10.1 Å². The molecule has 0 bridgehead atoms. The molecule has 2 rings (SSSR count). The van der Waals surface area contributed by atoms with E-state index in [1.54, 1.807) is 6.33 Å². The smallest absolute Gasteiger partial charge is 0.313 e. The van der Waals surface area contributed by atoms with E-state index in [2.05, 4.69) is 9.97 Å². The fourth-order valence-electron chi connectivity index (χ4n) is 2.19. The topological polar surface area (TPSA) is 66.0 Å². The molecule has 0 radical (unpaired) electrons. The minimum atomic E-state index is -0.775. The monoisotopic (exact) mass is 194 g/mol. The molecule has 1 aromatic heterocycles. The SMILES string of the molecule is CC1(C)CCc2[nH]cnc2C1C(=O)O. The third-order valence-electron chi connectivity index (χ3n) is 3.07. The number of carbonyl (C=O) groups is 1. The van der Waals surface area contributed by atoms with Crippen LogP contribution in [0, 0.1) is 5.41 Å². The number of rotatable bonds is 1. The van der Waals surface area contributed by atoms with Crippen molar-refractivity contribution in [3.8, 4) is 0 Å². The van der Waals surface area contributed by atoms with E-state index in [0.29, 0.717) is 5.69 Å². The molecule has 4 heteroatoms. The number of carboxylic acid groups (broad SMARTS) is 1. The maximum atomic E-state index is 11.2.